The van der Waals surface area contributed by atoms with Crippen molar-refractivity contribution in [3.63, 3.8) is 0 Å². The van der Waals surface area contributed by atoms with Crippen LogP contribution in [0, 0.1) is 5.92 Å². The molecule has 4 heteroatoms. The first-order valence-electron chi connectivity index (χ1n) is 9.20. The summed E-state index contributed by atoms with van der Waals surface area (Å²) in [7, 11) is 0. The maximum Gasteiger partial charge on any atom is 0.226 e. The van der Waals surface area contributed by atoms with Gasteiger partial charge in [-0.25, -0.2) is 0 Å². The van der Waals surface area contributed by atoms with Crippen LogP contribution < -0.4 is 5.32 Å². The lowest BCUT2D eigenvalue weighted by atomic mass is 9.88. The van der Waals surface area contributed by atoms with Crippen LogP contribution in [0.4, 0.5) is 0 Å². The molecule has 2 atom stereocenters. The lowest BCUT2D eigenvalue weighted by Gasteiger charge is -2.31. The average molecular weight is 328 g/mol. The fourth-order valence-electron chi connectivity index (χ4n) is 4.02. The van der Waals surface area contributed by atoms with E-state index in [4.69, 9.17) is 0 Å². The summed E-state index contributed by atoms with van der Waals surface area (Å²) in [6, 6.07) is 10.4. The quantitative estimate of drug-likeness (QED) is 0.902. The largest absolute Gasteiger partial charge is 0.347 e. The van der Waals surface area contributed by atoms with E-state index >= 15 is 0 Å². The van der Waals surface area contributed by atoms with E-state index in [9.17, 15) is 9.59 Å². The van der Waals surface area contributed by atoms with Gasteiger partial charge in [0.05, 0.1) is 11.5 Å². The summed E-state index contributed by atoms with van der Waals surface area (Å²) < 4.78 is 0. The second-order valence-corrected chi connectivity index (χ2v) is 7.43. The molecule has 1 aliphatic heterocycles. The Morgan fingerprint density at radius 3 is 2.54 bits per heavy atom. The van der Waals surface area contributed by atoms with Gasteiger partial charge in [-0.1, -0.05) is 50.1 Å². The Balaban J connectivity index is 1.67. The maximum absolute atomic E-state index is 12.8. The molecule has 1 aliphatic carbocycles. The van der Waals surface area contributed by atoms with E-state index in [1.165, 1.54) is 12.8 Å². The van der Waals surface area contributed by atoms with Gasteiger partial charge in [-0.2, -0.15) is 0 Å². The van der Waals surface area contributed by atoms with Gasteiger partial charge in [0.2, 0.25) is 11.8 Å². The Kier molecular flexibility index (Phi) is 4.93. The van der Waals surface area contributed by atoms with Crippen LogP contribution >= 0.6 is 0 Å². The zero-order valence-corrected chi connectivity index (χ0v) is 14.8. The molecule has 0 spiro atoms. The SMILES string of the molecule is CCC(C)(NC(=O)C1CC(=O)N(C2CCCC2)C1)c1ccccc1. The maximum atomic E-state index is 12.8. The van der Waals surface area contributed by atoms with Crippen LogP contribution in [0.3, 0.4) is 0 Å². The van der Waals surface area contributed by atoms with Crippen molar-refractivity contribution in [3.05, 3.63) is 35.9 Å². The Morgan fingerprint density at radius 1 is 1.25 bits per heavy atom. The minimum atomic E-state index is -0.387. The average Bonchev–Trinajstić information content (AvgIpc) is 3.24. The highest BCUT2D eigenvalue weighted by Gasteiger charge is 2.40. The first-order chi connectivity index (χ1) is 11.5. The van der Waals surface area contributed by atoms with Gasteiger partial charge in [0.25, 0.3) is 0 Å². The third kappa shape index (κ3) is 3.33. The van der Waals surface area contributed by atoms with E-state index in [2.05, 4.69) is 31.3 Å². The minimum absolute atomic E-state index is 0.0112. The fourth-order valence-corrected chi connectivity index (χ4v) is 4.02. The van der Waals surface area contributed by atoms with Crippen LogP contribution in [0.5, 0.6) is 0 Å². The molecule has 1 aromatic carbocycles. The molecule has 2 aliphatic rings. The number of hydrogen-bond acceptors (Lipinski definition) is 2. The number of benzene rings is 1. The molecule has 1 aromatic rings. The van der Waals surface area contributed by atoms with E-state index in [1.807, 2.05) is 23.1 Å². The summed E-state index contributed by atoms with van der Waals surface area (Å²) in [4.78, 5) is 27.1. The number of nitrogens with zero attached hydrogens (tertiary/aromatic N) is 1. The molecule has 2 amide bonds. The van der Waals surface area contributed by atoms with Gasteiger partial charge in [-0.15, -0.1) is 0 Å². The van der Waals surface area contributed by atoms with E-state index < -0.39 is 0 Å². The zero-order valence-electron chi connectivity index (χ0n) is 14.8. The number of likely N-dealkylation sites (tertiary alicyclic amines) is 1. The van der Waals surface area contributed by atoms with Crippen molar-refractivity contribution in [1.29, 1.82) is 0 Å². The molecule has 0 aromatic heterocycles. The van der Waals surface area contributed by atoms with Gasteiger partial charge < -0.3 is 10.2 Å². The van der Waals surface area contributed by atoms with Crippen LogP contribution in [0.25, 0.3) is 0 Å². The number of nitrogens with one attached hydrogen (secondary N) is 1. The minimum Gasteiger partial charge on any atom is -0.347 e. The highest BCUT2D eigenvalue weighted by molar-refractivity contribution is 5.89. The van der Waals surface area contributed by atoms with E-state index in [1.54, 1.807) is 0 Å². The second kappa shape index (κ2) is 6.96. The molecule has 2 fully saturated rings. The van der Waals surface area contributed by atoms with Crippen molar-refractivity contribution in [2.45, 2.75) is 64.0 Å². The highest BCUT2D eigenvalue weighted by atomic mass is 16.2. The third-order valence-corrected chi connectivity index (χ3v) is 5.81. The van der Waals surface area contributed by atoms with Crippen LogP contribution in [0.2, 0.25) is 0 Å². The first kappa shape index (κ1) is 17.0. The van der Waals surface area contributed by atoms with Gasteiger partial charge in [-0.3, -0.25) is 9.59 Å². The Morgan fingerprint density at radius 2 is 1.92 bits per heavy atom. The summed E-state index contributed by atoms with van der Waals surface area (Å²) >= 11 is 0. The molecular weight excluding hydrogens is 300 g/mol. The molecule has 1 N–H and O–H groups in total. The molecule has 1 saturated heterocycles. The van der Waals surface area contributed by atoms with Crippen molar-refractivity contribution < 1.29 is 9.59 Å². The molecular formula is C20H28N2O2. The summed E-state index contributed by atoms with van der Waals surface area (Å²) in [6.07, 6.45) is 5.76. The van der Waals surface area contributed by atoms with Gasteiger partial charge in [0, 0.05) is 19.0 Å². The second-order valence-electron chi connectivity index (χ2n) is 7.43. The van der Waals surface area contributed by atoms with Crippen molar-refractivity contribution in [2.75, 3.05) is 6.54 Å². The van der Waals surface area contributed by atoms with E-state index in [0.29, 0.717) is 19.0 Å². The predicted octanol–water partition coefficient (Wildman–Crippen LogP) is 3.22. The van der Waals surface area contributed by atoms with Crippen LogP contribution in [-0.2, 0) is 15.1 Å². The Labute approximate surface area is 144 Å². The summed E-state index contributed by atoms with van der Waals surface area (Å²) in [5, 5.41) is 3.22. The molecule has 3 rings (SSSR count). The summed E-state index contributed by atoms with van der Waals surface area (Å²) in [6.45, 7) is 4.73. The Hall–Kier alpha value is -1.84. The van der Waals surface area contributed by atoms with E-state index in [-0.39, 0.29) is 23.3 Å². The molecule has 4 nitrogen and oxygen atoms in total. The molecule has 2 unspecified atom stereocenters. The highest BCUT2D eigenvalue weighted by Crippen LogP contribution is 2.31. The van der Waals surface area contributed by atoms with Crippen LogP contribution in [0.1, 0.15) is 57.9 Å². The van der Waals surface area contributed by atoms with Crippen molar-refractivity contribution in [2.24, 2.45) is 5.92 Å². The standard InChI is InChI=1S/C20H28N2O2/c1-3-20(2,16-9-5-4-6-10-16)21-19(24)15-13-18(23)22(14-15)17-11-7-8-12-17/h4-6,9-10,15,17H,3,7-8,11-14H2,1-2H3,(H,21,24). The topological polar surface area (TPSA) is 49.4 Å². The lowest BCUT2D eigenvalue weighted by molar-refractivity contribution is -0.130. The van der Waals surface area contributed by atoms with Crippen LogP contribution in [-0.4, -0.2) is 29.3 Å². The van der Waals surface area contributed by atoms with Gasteiger partial charge in [-0.05, 0) is 31.7 Å². The summed E-state index contributed by atoms with van der Waals surface area (Å²) in [5.41, 5.74) is 0.722. The van der Waals surface area contributed by atoms with Crippen molar-refractivity contribution >= 4 is 11.8 Å². The number of carbonyl (C=O) groups excluding carboxylic acids is 2. The zero-order chi connectivity index (χ0) is 17.2. The van der Waals surface area contributed by atoms with Crippen molar-refractivity contribution in [3.8, 4) is 0 Å². The molecule has 0 radical (unpaired) electrons. The normalized spacial score (nSPS) is 24.2. The molecule has 1 saturated carbocycles. The monoisotopic (exact) mass is 328 g/mol. The number of carbonyl (C=O) groups is 2. The predicted molar refractivity (Wildman–Crippen MR) is 94.3 cm³/mol. The molecule has 24 heavy (non-hydrogen) atoms. The number of hydrogen-bond donors (Lipinski definition) is 1. The smallest absolute Gasteiger partial charge is 0.226 e. The number of amides is 2. The van der Waals surface area contributed by atoms with Crippen LogP contribution in [0.15, 0.2) is 30.3 Å². The molecule has 1 heterocycles. The number of rotatable bonds is 5. The first-order valence-corrected chi connectivity index (χ1v) is 9.20. The molecule has 0 bridgehead atoms. The summed E-state index contributed by atoms with van der Waals surface area (Å²) in [5.74, 6) is -0.0512. The van der Waals surface area contributed by atoms with Gasteiger partial charge in [0.15, 0.2) is 0 Å². The Bertz CT molecular complexity index is 595. The van der Waals surface area contributed by atoms with E-state index in [0.717, 1.165) is 24.8 Å². The van der Waals surface area contributed by atoms with Crippen molar-refractivity contribution in [1.82, 2.24) is 10.2 Å². The molecule has 130 valence electrons. The van der Waals surface area contributed by atoms with Gasteiger partial charge in [0.1, 0.15) is 0 Å². The lowest BCUT2D eigenvalue weighted by Crippen LogP contribution is -2.46. The third-order valence-electron chi connectivity index (χ3n) is 5.81. The van der Waals surface area contributed by atoms with Gasteiger partial charge >= 0.3 is 0 Å². The fraction of sp³-hybridized carbons (Fsp3) is 0.600.